The molecule has 1 saturated heterocycles. The van der Waals surface area contributed by atoms with Gasteiger partial charge >= 0.3 is 0 Å². The quantitative estimate of drug-likeness (QED) is 0.569. The molecule has 0 bridgehead atoms. The lowest BCUT2D eigenvalue weighted by Gasteiger charge is -2.37. The fraction of sp³-hybridized carbons (Fsp3) is 0.440. The van der Waals surface area contributed by atoms with Crippen molar-refractivity contribution in [1.82, 2.24) is 14.9 Å². The SMILES string of the molecule is COc1ccc2nccc(CCC[C@@H]3CCN(CC#Cc4cncs4)C[C@@H]3CO)c2c1. The van der Waals surface area contributed by atoms with Gasteiger partial charge in [0.25, 0.3) is 0 Å². The van der Waals surface area contributed by atoms with Gasteiger partial charge in [-0.05, 0) is 73.9 Å². The summed E-state index contributed by atoms with van der Waals surface area (Å²) >= 11 is 1.57. The van der Waals surface area contributed by atoms with Crippen LogP contribution in [-0.2, 0) is 6.42 Å². The van der Waals surface area contributed by atoms with E-state index in [1.54, 1.807) is 18.4 Å². The van der Waals surface area contributed by atoms with Crippen LogP contribution < -0.4 is 4.74 Å². The number of aryl methyl sites for hydroxylation is 1. The normalized spacial score (nSPS) is 19.2. The molecule has 0 unspecified atom stereocenters. The zero-order valence-electron chi connectivity index (χ0n) is 18.0. The minimum Gasteiger partial charge on any atom is -0.497 e. The summed E-state index contributed by atoms with van der Waals surface area (Å²) in [5.74, 6) is 8.20. The van der Waals surface area contributed by atoms with Crippen molar-refractivity contribution in [3.63, 3.8) is 0 Å². The number of hydrogen-bond donors (Lipinski definition) is 1. The average molecular weight is 436 g/mol. The molecule has 1 fully saturated rings. The zero-order chi connectivity index (χ0) is 21.5. The number of fused-ring (bicyclic) bond motifs is 1. The molecule has 0 aliphatic carbocycles. The topological polar surface area (TPSA) is 58.5 Å². The minimum absolute atomic E-state index is 0.249. The molecule has 3 heterocycles. The van der Waals surface area contributed by atoms with Crippen molar-refractivity contribution in [2.45, 2.75) is 25.7 Å². The summed E-state index contributed by atoms with van der Waals surface area (Å²) in [6.07, 6.45) is 8.10. The standard InChI is InChI=1S/C25H29N3O2S/c1-30-22-7-8-25-24(14-22)20(9-11-27-25)5-2-4-19-10-13-28(16-21(19)17-29)12-3-6-23-15-26-18-31-23/h7-9,11,14-15,18-19,21,29H,2,4-5,10,12-13,16-17H2,1H3/t19-,21-/m1/s1. The van der Waals surface area contributed by atoms with Crippen LogP contribution >= 0.6 is 11.3 Å². The molecule has 4 rings (SSSR count). The summed E-state index contributed by atoms with van der Waals surface area (Å²) in [5.41, 5.74) is 4.14. The Kier molecular flexibility index (Phi) is 7.52. The molecule has 0 amide bonds. The number of nitrogens with zero attached hydrogens (tertiary/aromatic N) is 3. The third-order valence-corrected chi connectivity index (χ3v) is 6.91. The third-order valence-electron chi connectivity index (χ3n) is 6.22. The van der Waals surface area contributed by atoms with Gasteiger partial charge < -0.3 is 9.84 Å². The number of methoxy groups -OCH3 is 1. The Morgan fingerprint density at radius 1 is 1.29 bits per heavy atom. The van der Waals surface area contributed by atoms with E-state index in [1.807, 2.05) is 30.0 Å². The lowest BCUT2D eigenvalue weighted by molar-refractivity contribution is 0.0748. The number of thiazole rings is 1. The molecule has 31 heavy (non-hydrogen) atoms. The van der Waals surface area contributed by atoms with E-state index in [4.69, 9.17) is 4.74 Å². The predicted octanol–water partition coefficient (Wildman–Crippen LogP) is 4.00. The molecule has 5 nitrogen and oxygen atoms in total. The molecule has 0 spiro atoms. The zero-order valence-corrected chi connectivity index (χ0v) is 18.8. The van der Waals surface area contributed by atoms with E-state index >= 15 is 0 Å². The minimum atomic E-state index is 0.249. The first kappa shape index (κ1) is 21.8. The van der Waals surface area contributed by atoms with Crippen LogP contribution in [0.25, 0.3) is 10.9 Å². The van der Waals surface area contributed by atoms with Crippen LogP contribution in [0, 0.1) is 23.7 Å². The highest BCUT2D eigenvalue weighted by molar-refractivity contribution is 7.10. The highest BCUT2D eigenvalue weighted by Crippen LogP contribution is 2.29. The second-order valence-corrected chi connectivity index (χ2v) is 9.03. The van der Waals surface area contributed by atoms with Gasteiger partial charge in [0, 0.05) is 24.7 Å². The van der Waals surface area contributed by atoms with Crippen LogP contribution in [0.15, 0.2) is 42.2 Å². The number of rotatable bonds is 7. The van der Waals surface area contributed by atoms with Crippen LogP contribution in [0.5, 0.6) is 5.75 Å². The Morgan fingerprint density at radius 3 is 3.03 bits per heavy atom. The highest BCUT2D eigenvalue weighted by Gasteiger charge is 2.28. The predicted molar refractivity (Wildman–Crippen MR) is 125 cm³/mol. The molecule has 1 aromatic carbocycles. The summed E-state index contributed by atoms with van der Waals surface area (Å²) in [5, 5.41) is 11.2. The van der Waals surface area contributed by atoms with Gasteiger partial charge in [0.2, 0.25) is 0 Å². The molecule has 0 saturated carbocycles. The van der Waals surface area contributed by atoms with E-state index < -0.39 is 0 Å². The lowest BCUT2D eigenvalue weighted by atomic mass is 9.82. The van der Waals surface area contributed by atoms with Gasteiger partial charge in [0.05, 0.1) is 35.8 Å². The van der Waals surface area contributed by atoms with Gasteiger partial charge in [-0.3, -0.25) is 14.9 Å². The largest absolute Gasteiger partial charge is 0.497 e. The van der Waals surface area contributed by atoms with Crippen molar-refractivity contribution < 1.29 is 9.84 Å². The van der Waals surface area contributed by atoms with Gasteiger partial charge in [0.1, 0.15) is 5.75 Å². The third kappa shape index (κ3) is 5.62. The second-order valence-electron chi connectivity index (χ2n) is 8.14. The molecule has 1 aliphatic rings. The molecule has 2 aromatic heterocycles. The van der Waals surface area contributed by atoms with Gasteiger partial charge in [0.15, 0.2) is 0 Å². The van der Waals surface area contributed by atoms with Gasteiger partial charge in [-0.15, -0.1) is 11.3 Å². The summed E-state index contributed by atoms with van der Waals surface area (Å²) < 4.78 is 5.39. The van der Waals surface area contributed by atoms with E-state index in [1.165, 1.54) is 10.9 Å². The van der Waals surface area contributed by atoms with Crippen molar-refractivity contribution in [3.8, 4) is 17.6 Å². The number of ether oxygens (including phenoxy) is 1. The molecule has 0 radical (unpaired) electrons. The van der Waals surface area contributed by atoms with E-state index in [9.17, 15) is 5.11 Å². The van der Waals surface area contributed by atoms with Crippen molar-refractivity contribution >= 4 is 22.2 Å². The number of aliphatic hydroxyl groups is 1. The number of aliphatic hydroxyl groups excluding tert-OH is 1. The number of pyridine rings is 1. The van der Waals surface area contributed by atoms with Crippen molar-refractivity contribution in [2.24, 2.45) is 11.8 Å². The summed E-state index contributed by atoms with van der Waals surface area (Å²) in [7, 11) is 1.70. The first-order chi connectivity index (χ1) is 15.3. The molecule has 162 valence electrons. The Bertz CT molecular complexity index is 1040. The Hall–Kier alpha value is -2.46. The molecular formula is C25H29N3O2S. The molecule has 1 N–H and O–H groups in total. The van der Waals surface area contributed by atoms with Crippen LogP contribution in [0.1, 0.15) is 29.7 Å². The van der Waals surface area contributed by atoms with Gasteiger partial charge in [-0.2, -0.15) is 0 Å². The molecule has 6 heteroatoms. The number of hydrogen-bond acceptors (Lipinski definition) is 6. The van der Waals surface area contributed by atoms with Crippen molar-refractivity contribution in [1.29, 1.82) is 0 Å². The monoisotopic (exact) mass is 435 g/mol. The first-order valence-corrected chi connectivity index (χ1v) is 11.8. The van der Waals surface area contributed by atoms with E-state index in [0.29, 0.717) is 11.8 Å². The fourth-order valence-electron chi connectivity index (χ4n) is 4.48. The lowest BCUT2D eigenvalue weighted by Crippen LogP contribution is -2.42. The van der Waals surface area contributed by atoms with Crippen LogP contribution in [0.3, 0.4) is 0 Å². The maximum Gasteiger partial charge on any atom is 0.119 e. The van der Waals surface area contributed by atoms with E-state index in [0.717, 1.165) is 61.5 Å². The van der Waals surface area contributed by atoms with E-state index in [2.05, 4.69) is 38.8 Å². The van der Waals surface area contributed by atoms with E-state index in [-0.39, 0.29) is 6.61 Å². The fourth-order valence-corrected chi connectivity index (χ4v) is 4.97. The Balaban J connectivity index is 1.30. The van der Waals surface area contributed by atoms with Crippen LogP contribution in [0.2, 0.25) is 0 Å². The maximum absolute atomic E-state index is 9.98. The van der Waals surface area contributed by atoms with Crippen molar-refractivity contribution in [2.75, 3.05) is 33.4 Å². The number of aromatic nitrogens is 2. The maximum atomic E-state index is 9.98. The number of piperidine rings is 1. The molecule has 2 atom stereocenters. The second kappa shape index (κ2) is 10.7. The van der Waals surface area contributed by atoms with Gasteiger partial charge in [-0.1, -0.05) is 11.8 Å². The highest BCUT2D eigenvalue weighted by atomic mass is 32.1. The summed E-state index contributed by atoms with van der Waals surface area (Å²) in [6.45, 7) is 2.98. The number of likely N-dealkylation sites (tertiary alicyclic amines) is 1. The number of benzene rings is 1. The molecule has 1 aliphatic heterocycles. The molecule has 3 aromatic rings. The van der Waals surface area contributed by atoms with Crippen LogP contribution in [0.4, 0.5) is 0 Å². The van der Waals surface area contributed by atoms with Crippen LogP contribution in [-0.4, -0.2) is 53.3 Å². The summed E-state index contributed by atoms with van der Waals surface area (Å²) in [6, 6.07) is 8.18. The first-order valence-electron chi connectivity index (χ1n) is 10.9. The Labute approximate surface area is 188 Å². The summed E-state index contributed by atoms with van der Waals surface area (Å²) in [4.78, 5) is 11.9. The smallest absolute Gasteiger partial charge is 0.119 e. The molecular weight excluding hydrogens is 406 g/mol. The van der Waals surface area contributed by atoms with Gasteiger partial charge in [-0.25, -0.2) is 0 Å². The average Bonchev–Trinajstić information content (AvgIpc) is 3.33. The Morgan fingerprint density at radius 2 is 2.23 bits per heavy atom. The van der Waals surface area contributed by atoms with Crippen molar-refractivity contribution in [3.05, 3.63) is 52.6 Å².